The predicted molar refractivity (Wildman–Crippen MR) is 86.6 cm³/mol. The van der Waals surface area contributed by atoms with Gasteiger partial charge in [0.1, 0.15) is 0 Å². The molecule has 0 saturated carbocycles. The average Bonchev–Trinajstić information content (AvgIpc) is 2.45. The van der Waals surface area contributed by atoms with Gasteiger partial charge in [0, 0.05) is 5.69 Å². The fourth-order valence-corrected chi connectivity index (χ4v) is 3.09. The van der Waals surface area contributed by atoms with Crippen LogP contribution in [0.5, 0.6) is 0 Å². The predicted octanol–water partition coefficient (Wildman–Crippen LogP) is 4.40. The normalized spacial score (nSPS) is 17.9. The molecule has 1 nitrogen and oxygen atoms in total. The maximum atomic E-state index is 5.75. The van der Waals surface area contributed by atoms with Crippen LogP contribution in [0.2, 0.25) is 0 Å². The highest BCUT2D eigenvalue weighted by Crippen LogP contribution is 2.36. The highest BCUT2D eigenvalue weighted by atomic mass is 14.5. The van der Waals surface area contributed by atoms with E-state index in [0.29, 0.717) is 5.92 Å². The minimum atomic E-state index is 0.549. The Morgan fingerprint density at radius 3 is 2.65 bits per heavy atom. The van der Waals surface area contributed by atoms with Crippen molar-refractivity contribution in [2.75, 3.05) is 5.73 Å². The molecule has 0 aromatic heterocycles. The van der Waals surface area contributed by atoms with Gasteiger partial charge in [0.2, 0.25) is 0 Å². The topological polar surface area (TPSA) is 26.0 Å². The Balaban J connectivity index is 1.83. The molecule has 102 valence electrons. The molecule has 1 aliphatic carbocycles. The first-order chi connectivity index (χ1) is 9.63. The largest absolute Gasteiger partial charge is 0.399 e. The Hall–Kier alpha value is -2.02. The molecule has 1 heteroatoms. The molecule has 1 unspecified atom stereocenters. The molecule has 0 radical (unpaired) electrons. The zero-order chi connectivity index (χ0) is 14.1. The fraction of sp³-hybridized carbons (Fsp3) is 0.263. The number of nitrogen functional groups attached to an aromatic ring is 1. The molecule has 3 rings (SSSR count). The molecule has 2 N–H and O–H groups in total. The third kappa shape index (κ3) is 2.49. The summed E-state index contributed by atoms with van der Waals surface area (Å²) in [6, 6.07) is 15.0. The standard InChI is InChI=1S/C19H21N/c1-13-3-6-16-7-8-17(14(2)19(16)11-13)12-15-4-9-18(20)10-5-15/h3-6,9-11,17H,2,7-8,12,20H2,1H3. The van der Waals surface area contributed by atoms with Gasteiger partial charge in [0.05, 0.1) is 0 Å². The van der Waals surface area contributed by atoms with Crippen molar-refractivity contribution in [3.05, 3.63) is 71.3 Å². The summed E-state index contributed by atoms with van der Waals surface area (Å²) in [5, 5.41) is 0. The molecular weight excluding hydrogens is 242 g/mol. The van der Waals surface area contributed by atoms with E-state index in [0.717, 1.165) is 18.5 Å². The summed E-state index contributed by atoms with van der Waals surface area (Å²) in [7, 11) is 0. The maximum Gasteiger partial charge on any atom is 0.0314 e. The molecule has 1 aliphatic rings. The number of hydrogen-bond acceptors (Lipinski definition) is 1. The minimum Gasteiger partial charge on any atom is -0.399 e. The van der Waals surface area contributed by atoms with Crippen molar-refractivity contribution in [2.45, 2.75) is 26.2 Å². The lowest BCUT2D eigenvalue weighted by molar-refractivity contribution is 0.587. The molecule has 0 spiro atoms. The average molecular weight is 263 g/mol. The van der Waals surface area contributed by atoms with Crippen LogP contribution in [0.3, 0.4) is 0 Å². The Morgan fingerprint density at radius 2 is 1.90 bits per heavy atom. The summed E-state index contributed by atoms with van der Waals surface area (Å²) < 4.78 is 0. The molecule has 20 heavy (non-hydrogen) atoms. The molecule has 0 fully saturated rings. The lowest BCUT2D eigenvalue weighted by Gasteiger charge is -2.27. The van der Waals surface area contributed by atoms with E-state index in [-0.39, 0.29) is 0 Å². The zero-order valence-electron chi connectivity index (χ0n) is 12.0. The van der Waals surface area contributed by atoms with Gasteiger partial charge in [0.15, 0.2) is 0 Å². The third-order valence-electron chi connectivity index (χ3n) is 4.33. The van der Waals surface area contributed by atoms with Crippen molar-refractivity contribution >= 4 is 11.3 Å². The summed E-state index contributed by atoms with van der Waals surface area (Å²) in [6.45, 7) is 6.52. The number of benzene rings is 2. The van der Waals surface area contributed by atoms with Crippen molar-refractivity contribution < 1.29 is 0 Å². The van der Waals surface area contributed by atoms with Gasteiger partial charge in [-0.1, -0.05) is 42.5 Å². The van der Waals surface area contributed by atoms with Gasteiger partial charge in [0.25, 0.3) is 0 Å². The van der Waals surface area contributed by atoms with E-state index in [2.05, 4.69) is 43.8 Å². The van der Waals surface area contributed by atoms with Crippen LogP contribution in [0.4, 0.5) is 5.69 Å². The zero-order valence-corrected chi connectivity index (χ0v) is 12.0. The smallest absolute Gasteiger partial charge is 0.0314 e. The number of allylic oxidation sites excluding steroid dienone is 1. The van der Waals surface area contributed by atoms with Crippen molar-refractivity contribution in [1.82, 2.24) is 0 Å². The first-order valence-electron chi connectivity index (χ1n) is 7.26. The Morgan fingerprint density at radius 1 is 1.15 bits per heavy atom. The lowest BCUT2D eigenvalue weighted by atomic mass is 9.77. The van der Waals surface area contributed by atoms with Crippen LogP contribution in [-0.2, 0) is 12.8 Å². The molecule has 0 heterocycles. The third-order valence-corrected chi connectivity index (χ3v) is 4.33. The minimum absolute atomic E-state index is 0.549. The highest BCUT2D eigenvalue weighted by Gasteiger charge is 2.22. The number of fused-ring (bicyclic) bond motifs is 1. The van der Waals surface area contributed by atoms with Crippen LogP contribution in [0.15, 0.2) is 49.0 Å². The van der Waals surface area contributed by atoms with E-state index < -0.39 is 0 Å². The quantitative estimate of drug-likeness (QED) is 0.799. The Bertz CT molecular complexity index is 637. The van der Waals surface area contributed by atoms with E-state index in [1.807, 2.05) is 12.1 Å². The molecular formula is C19H21N. The second-order valence-electron chi connectivity index (χ2n) is 5.87. The van der Waals surface area contributed by atoms with Crippen molar-refractivity contribution in [1.29, 1.82) is 0 Å². The fourth-order valence-electron chi connectivity index (χ4n) is 3.09. The first kappa shape index (κ1) is 13.0. The summed E-state index contributed by atoms with van der Waals surface area (Å²) in [6.07, 6.45) is 3.42. The van der Waals surface area contributed by atoms with E-state index >= 15 is 0 Å². The van der Waals surface area contributed by atoms with Crippen LogP contribution < -0.4 is 5.73 Å². The van der Waals surface area contributed by atoms with Crippen LogP contribution in [0, 0.1) is 12.8 Å². The second-order valence-corrected chi connectivity index (χ2v) is 5.87. The van der Waals surface area contributed by atoms with Crippen LogP contribution in [0.25, 0.3) is 5.57 Å². The number of hydrogen-bond donors (Lipinski definition) is 1. The summed E-state index contributed by atoms with van der Waals surface area (Å²) in [4.78, 5) is 0. The number of anilines is 1. The molecule has 0 bridgehead atoms. The van der Waals surface area contributed by atoms with Gasteiger partial charge in [-0.3, -0.25) is 0 Å². The van der Waals surface area contributed by atoms with E-state index in [9.17, 15) is 0 Å². The van der Waals surface area contributed by atoms with E-state index in [1.165, 1.54) is 34.2 Å². The molecule has 2 aromatic rings. The van der Waals surface area contributed by atoms with Gasteiger partial charge in [-0.15, -0.1) is 0 Å². The SMILES string of the molecule is C=C1c2cc(C)ccc2CCC1Cc1ccc(N)cc1. The first-order valence-corrected chi connectivity index (χ1v) is 7.26. The summed E-state index contributed by atoms with van der Waals surface area (Å²) in [5.41, 5.74) is 13.4. The van der Waals surface area contributed by atoms with Gasteiger partial charge in [-0.2, -0.15) is 0 Å². The van der Waals surface area contributed by atoms with E-state index in [4.69, 9.17) is 5.73 Å². The molecule has 2 aromatic carbocycles. The number of rotatable bonds is 2. The summed E-state index contributed by atoms with van der Waals surface area (Å²) >= 11 is 0. The van der Waals surface area contributed by atoms with Crippen LogP contribution in [0.1, 0.15) is 28.7 Å². The number of aryl methyl sites for hydroxylation is 2. The van der Waals surface area contributed by atoms with E-state index in [1.54, 1.807) is 0 Å². The molecule has 0 aliphatic heterocycles. The molecule has 1 atom stereocenters. The second kappa shape index (κ2) is 5.16. The molecule has 0 saturated heterocycles. The number of nitrogens with two attached hydrogens (primary N) is 1. The van der Waals surface area contributed by atoms with Crippen LogP contribution in [-0.4, -0.2) is 0 Å². The van der Waals surface area contributed by atoms with Gasteiger partial charge in [-0.05, 0) is 66.5 Å². The van der Waals surface area contributed by atoms with Gasteiger partial charge < -0.3 is 5.73 Å². The van der Waals surface area contributed by atoms with Crippen molar-refractivity contribution in [2.24, 2.45) is 5.92 Å². The lowest BCUT2D eigenvalue weighted by Crippen LogP contribution is -2.15. The van der Waals surface area contributed by atoms with Crippen molar-refractivity contribution in [3.8, 4) is 0 Å². The monoisotopic (exact) mass is 263 g/mol. The molecule has 0 amide bonds. The van der Waals surface area contributed by atoms with Crippen molar-refractivity contribution in [3.63, 3.8) is 0 Å². The van der Waals surface area contributed by atoms with Gasteiger partial charge >= 0.3 is 0 Å². The summed E-state index contributed by atoms with van der Waals surface area (Å²) in [5.74, 6) is 0.549. The van der Waals surface area contributed by atoms with Gasteiger partial charge in [-0.25, -0.2) is 0 Å². The highest BCUT2D eigenvalue weighted by molar-refractivity contribution is 5.70. The maximum absolute atomic E-state index is 5.75. The Labute approximate surface area is 121 Å². The Kier molecular flexibility index (Phi) is 3.35. The van der Waals surface area contributed by atoms with Crippen LogP contribution >= 0.6 is 0 Å².